The van der Waals surface area contributed by atoms with Gasteiger partial charge in [-0.25, -0.2) is 0 Å². The first kappa shape index (κ1) is 30.8. The van der Waals surface area contributed by atoms with Crippen molar-refractivity contribution in [1.29, 1.82) is 5.26 Å². The molecule has 0 radical (unpaired) electrons. The number of anilines is 1. The van der Waals surface area contributed by atoms with E-state index in [0.29, 0.717) is 12.1 Å². The summed E-state index contributed by atoms with van der Waals surface area (Å²) < 4.78 is 5.43. The van der Waals surface area contributed by atoms with Crippen LogP contribution in [0, 0.1) is 28.6 Å². The monoisotopic (exact) mass is 572 g/mol. The van der Waals surface area contributed by atoms with Gasteiger partial charge in [-0.1, -0.05) is 83.1 Å². The van der Waals surface area contributed by atoms with Crippen molar-refractivity contribution in [2.75, 3.05) is 11.9 Å². The summed E-state index contributed by atoms with van der Waals surface area (Å²) in [6.45, 7) is 9.75. The molecule has 4 atom stereocenters. The molecule has 0 aromatic heterocycles. The fourth-order valence-electron chi connectivity index (χ4n) is 5.89. The van der Waals surface area contributed by atoms with E-state index < -0.39 is 41.2 Å². The third-order valence-electron chi connectivity index (χ3n) is 8.12. The Morgan fingerprint density at radius 2 is 1.79 bits per heavy atom. The van der Waals surface area contributed by atoms with Crippen LogP contribution in [0.5, 0.6) is 0 Å². The lowest BCUT2D eigenvalue weighted by molar-refractivity contribution is -0.149. The minimum absolute atomic E-state index is 0.0445. The standard InChI is InChI=1S/C33H40N4O5/c1-21(2)24(15-28(38)42-19-22-11-7-6-8-12-22)29(39)35-27(17-32(3,4)5)30(40)37-20-33(16-23(37)18-34)25-13-9-10-14-26(25)36-31(33)41/h6-14,21,23-24,27H,15-17,19-20H2,1-5H3,(H,35,39)(H,36,41)/t23-,24-,27-,33-/m0/s1. The molecule has 9 nitrogen and oxygen atoms in total. The highest BCUT2D eigenvalue weighted by Gasteiger charge is 2.56. The number of carbonyl (C=O) groups excluding carboxylic acids is 4. The fourth-order valence-corrected chi connectivity index (χ4v) is 5.89. The predicted molar refractivity (Wildman–Crippen MR) is 158 cm³/mol. The van der Waals surface area contributed by atoms with Crippen molar-refractivity contribution in [3.05, 3.63) is 65.7 Å². The van der Waals surface area contributed by atoms with E-state index in [4.69, 9.17) is 4.74 Å². The lowest BCUT2D eigenvalue weighted by Crippen LogP contribution is -2.53. The van der Waals surface area contributed by atoms with Gasteiger partial charge in [0.15, 0.2) is 0 Å². The Morgan fingerprint density at radius 3 is 2.43 bits per heavy atom. The highest BCUT2D eigenvalue weighted by molar-refractivity contribution is 6.07. The molecule has 0 unspecified atom stereocenters. The van der Waals surface area contributed by atoms with E-state index in [9.17, 15) is 24.4 Å². The molecule has 2 aromatic carbocycles. The van der Waals surface area contributed by atoms with Crippen LogP contribution in [0.1, 0.15) is 65.0 Å². The van der Waals surface area contributed by atoms with Gasteiger partial charge < -0.3 is 20.3 Å². The minimum atomic E-state index is -1.02. The van der Waals surface area contributed by atoms with Gasteiger partial charge in [0.1, 0.15) is 18.7 Å². The van der Waals surface area contributed by atoms with Crippen LogP contribution in [0.3, 0.4) is 0 Å². The Morgan fingerprint density at radius 1 is 1.12 bits per heavy atom. The summed E-state index contributed by atoms with van der Waals surface area (Å²) in [5.74, 6) is -2.47. The largest absolute Gasteiger partial charge is 0.461 e. The molecule has 1 saturated heterocycles. The van der Waals surface area contributed by atoms with Crippen LogP contribution < -0.4 is 10.6 Å². The number of nitrogens with zero attached hydrogens (tertiary/aromatic N) is 2. The number of hydrogen-bond donors (Lipinski definition) is 2. The zero-order valence-electron chi connectivity index (χ0n) is 25.0. The van der Waals surface area contributed by atoms with E-state index >= 15 is 0 Å². The van der Waals surface area contributed by atoms with E-state index in [0.717, 1.165) is 11.1 Å². The van der Waals surface area contributed by atoms with Crippen molar-refractivity contribution in [3.8, 4) is 6.07 Å². The number of ether oxygens (including phenoxy) is 1. The Kier molecular flexibility index (Phi) is 9.05. The number of benzene rings is 2. The molecule has 9 heteroatoms. The van der Waals surface area contributed by atoms with Crippen molar-refractivity contribution in [3.63, 3.8) is 0 Å². The highest BCUT2D eigenvalue weighted by atomic mass is 16.5. The van der Waals surface area contributed by atoms with Crippen LogP contribution in [-0.2, 0) is 35.9 Å². The third-order valence-corrected chi connectivity index (χ3v) is 8.12. The molecule has 4 rings (SSSR count). The van der Waals surface area contributed by atoms with Crippen molar-refractivity contribution in [2.45, 2.75) is 78.0 Å². The lowest BCUT2D eigenvalue weighted by Gasteiger charge is -2.32. The molecule has 2 heterocycles. The molecule has 0 bridgehead atoms. The number of amides is 3. The Labute approximate surface area is 247 Å². The van der Waals surface area contributed by atoms with Gasteiger partial charge in [-0.15, -0.1) is 0 Å². The smallest absolute Gasteiger partial charge is 0.306 e. The molecule has 2 aliphatic heterocycles. The highest BCUT2D eigenvalue weighted by Crippen LogP contribution is 2.46. The maximum Gasteiger partial charge on any atom is 0.306 e. The molecule has 2 N–H and O–H groups in total. The Hall–Kier alpha value is -4.19. The molecule has 0 saturated carbocycles. The summed E-state index contributed by atoms with van der Waals surface area (Å²) in [5.41, 5.74) is 0.947. The summed E-state index contributed by atoms with van der Waals surface area (Å²) in [5, 5.41) is 15.9. The number of carbonyl (C=O) groups is 4. The van der Waals surface area contributed by atoms with Gasteiger partial charge >= 0.3 is 5.97 Å². The zero-order valence-corrected chi connectivity index (χ0v) is 25.0. The molecule has 0 aliphatic carbocycles. The summed E-state index contributed by atoms with van der Waals surface area (Å²) in [6, 6.07) is 17.1. The van der Waals surface area contributed by atoms with E-state index in [1.54, 1.807) is 0 Å². The molecule has 42 heavy (non-hydrogen) atoms. The maximum absolute atomic E-state index is 14.1. The van der Waals surface area contributed by atoms with Crippen LogP contribution in [-0.4, -0.2) is 47.2 Å². The molecular weight excluding hydrogens is 532 g/mol. The van der Waals surface area contributed by atoms with Gasteiger partial charge in [0.25, 0.3) is 0 Å². The van der Waals surface area contributed by atoms with Gasteiger partial charge in [-0.05, 0) is 34.9 Å². The Balaban J connectivity index is 1.51. The van der Waals surface area contributed by atoms with Crippen molar-refractivity contribution < 1.29 is 23.9 Å². The van der Waals surface area contributed by atoms with Gasteiger partial charge in [0, 0.05) is 18.7 Å². The lowest BCUT2D eigenvalue weighted by atomic mass is 9.80. The second kappa shape index (κ2) is 12.4. The number of para-hydroxylation sites is 1. The summed E-state index contributed by atoms with van der Waals surface area (Å²) in [7, 11) is 0. The SMILES string of the molecule is CC(C)[C@H](CC(=O)OCc1ccccc1)C(=O)N[C@@H](CC(C)(C)C)C(=O)N1C[C@]2(C[C@H]1C#N)C(=O)Nc1ccccc12. The predicted octanol–water partition coefficient (Wildman–Crippen LogP) is 4.33. The summed E-state index contributed by atoms with van der Waals surface area (Å²) >= 11 is 0. The van der Waals surface area contributed by atoms with E-state index in [1.165, 1.54) is 4.90 Å². The van der Waals surface area contributed by atoms with Gasteiger partial charge in [0.2, 0.25) is 17.7 Å². The Bertz CT molecular complexity index is 1380. The zero-order chi connectivity index (χ0) is 30.7. The second-order valence-corrected chi connectivity index (χ2v) is 12.9. The normalized spacial score (nSPS) is 20.9. The molecule has 2 aromatic rings. The number of nitrogens with one attached hydrogen (secondary N) is 2. The van der Waals surface area contributed by atoms with Crippen LogP contribution in [0.4, 0.5) is 5.69 Å². The van der Waals surface area contributed by atoms with Gasteiger partial charge in [0.05, 0.1) is 23.8 Å². The van der Waals surface area contributed by atoms with Crippen LogP contribution in [0.2, 0.25) is 0 Å². The van der Waals surface area contributed by atoms with Gasteiger partial charge in [-0.3, -0.25) is 19.2 Å². The molecule has 1 fully saturated rings. The maximum atomic E-state index is 14.1. The van der Waals surface area contributed by atoms with Crippen LogP contribution >= 0.6 is 0 Å². The fraction of sp³-hybridized carbons (Fsp3) is 0.485. The van der Waals surface area contributed by atoms with Crippen molar-refractivity contribution in [1.82, 2.24) is 10.2 Å². The van der Waals surface area contributed by atoms with E-state index in [2.05, 4.69) is 16.7 Å². The number of fused-ring (bicyclic) bond motifs is 2. The average Bonchev–Trinajstić information content (AvgIpc) is 3.47. The first-order valence-corrected chi connectivity index (χ1v) is 14.5. The first-order chi connectivity index (χ1) is 19.8. The number of esters is 1. The summed E-state index contributed by atoms with van der Waals surface area (Å²) in [4.78, 5) is 55.0. The van der Waals surface area contributed by atoms with Crippen molar-refractivity contribution >= 4 is 29.4 Å². The second-order valence-electron chi connectivity index (χ2n) is 12.9. The van der Waals surface area contributed by atoms with Crippen LogP contribution in [0.25, 0.3) is 0 Å². The van der Waals surface area contributed by atoms with E-state index in [-0.39, 0.29) is 43.2 Å². The number of hydrogen-bond acceptors (Lipinski definition) is 6. The number of rotatable bonds is 9. The molecule has 1 spiro atoms. The number of likely N-dealkylation sites (tertiary alicyclic amines) is 1. The molecule has 2 aliphatic rings. The molecule has 3 amide bonds. The first-order valence-electron chi connectivity index (χ1n) is 14.5. The third kappa shape index (κ3) is 6.64. The number of nitriles is 1. The minimum Gasteiger partial charge on any atom is -0.461 e. The van der Waals surface area contributed by atoms with E-state index in [1.807, 2.05) is 89.2 Å². The molecular formula is C33H40N4O5. The quantitative estimate of drug-likeness (QED) is 0.431. The summed E-state index contributed by atoms with van der Waals surface area (Å²) in [6.07, 6.45) is 0.360. The van der Waals surface area contributed by atoms with Crippen LogP contribution in [0.15, 0.2) is 54.6 Å². The van der Waals surface area contributed by atoms with Gasteiger partial charge in [-0.2, -0.15) is 5.26 Å². The topological polar surface area (TPSA) is 129 Å². The average molecular weight is 573 g/mol. The molecule has 222 valence electrons. The van der Waals surface area contributed by atoms with Crippen molar-refractivity contribution in [2.24, 2.45) is 17.3 Å².